The zero-order valence-corrected chi connectivity index (χ0v) is 11.0. The van der Waals surface area contributed by atoms with Crippen molar-refractivity contribution in [1.29, 1.82) is 0 Å². The number of alkyl halides is 2. The average molecular weight is 281 g/mol. The summed E-state index contributed by atoms with van der Waals surface area (Å²) in [7, 11) is 0. The third-order valence-corrected chi connectivity index (χ3v) is 10.4. The molecule has 64 valence electrons. The predicted octanol–water partition coefficient (Wildman–Crippen LogP) is -4.37. The molecule has 0 spiro atoms. The molecule has 1 unspecified atom stereocenters. The van der Waals surface area contributed by atoms with Gasteiger partial charge in [-0.15, -0.1) is 0 Å². The zero-order chi connectivity index (χ0) is 8.06. The molecular formula is C7H15AlIN2-. The van der Waals surface area contributed by atoms with Crippen molar-refractivity contribution in [2.24, 2.45) is 11.5 Å². The number of nitrogens with two attached hydrogens (primary N) is 2. The van der Waals surface area contributed by atoms with Gasteiger partial charge in [0.2, 0.25) is 0 Å². The van der Waals surface area contributed by atoms with Crippen LogP contribution in [0.2, 0.25) is 0 Å². The summed E-state index contributed by atoms with van der Waals surface area (Å²) >= 11 is 1.74. The van der Waals surface area contributed by atoms with E-state index in [0.29, 0.717) is 35.6 Å². The third kappa shape index (κ3) is 1.38. The van der Waals surface area contributed by atoms with E-state index < -0.39 is 0 Å². The van der Waals surface area contributed by atoms with Gasteiger partial charge < -0.3 is 0 Å². The van der Waals surface area contributed by atoms with Crippen LogP contribution in [-0.4, -0.2) is 34.6 Å². The Hall–Kier alpha value is 1.18. The van der Waals surface area contributed by atoms with Crippen LogP contribution in [0.1, 0.15) is 19.3 Å². The molecule has 2 heterocycles. The van der Waals surface area contributed by atoms with Crippen molar-refractivity contribution in [2.45, 2.75) is 37.6 Å². The molecule has 4 atom stereocenters. The second-order valence-corrected chi connectivity index (χ2v) is 12.5. The Morgan fingerprint density at radius 1 is 1.45 bits per heavy atom. The fourth-order valence-electron chi connectivity index (χ4n) is 2.06. The molecule has 0 aromatic carbocycles. The van der Waals surface area contributed by atoms with E-state index in [-0.39, 0.29) is 0 Å². The van der Waals surface area contributed by atoms with Crippen molar-refractivity contribution in [3.05, 3.63) is 0 Å². The Kier molecular flexibility index (Phi) is 2.27. The molecule has 3 fully saturated rings. The molecule has 2 aliphatic heterocycles. The molecule has 3 aliphatic rings. The van der Waals surface area contributed by atoms with Crippen molar-refractivity contribution >= 4 is 16.3 Å². The first-order chi connectivity index (χ1) is 5.12. The van der Waals surface area contributed by atoms with Gasteiger partial charge in [-0.3, -0.25) is 0 Å². The summed E-state index contributed by atoms with van der Waals surface area (Å²) in [4.78, 5) is 0. The van der Waals surface area contributed by atoms with Crippen LogP contribution < -0.4 is 32.7 Å². The summed E-state index contributed by atoms with van der Waals surface area (Å²) in [6.45, 7) is 0. The van der Waals surface area contributed by atoms with Crippen LogP contribution in [0.4, 0.5) is 0 Å². The Labute approximate surface area is 86.1 Å². The van der Waals surface area contributed by atoms with Gasteiger partial charge in [0.1, 0.15) is 0 Å². The number of rotatable bonds is 0. The molecule has 0 radical (unpaired) electrons. The van der Waals surface area contributed by atoms with E-state index >= 15 is 0 Å². The first-order valence-corrected chi connectivity index (χ1v) is 7.60. The molecule has 11 heavy (non-hydrogen) atoms. The van der Waals surface area contributed by atoms with Crippen molar-refractivity contribution in [2.75, 3.05) is 0 Å². The van der Waals surface area contributed by atoms with E-state index in [0.717, 1.165) is 3.92 Å². The molecule has 4 N–H and O–H groups in total. The zero-order valence-electron chi connectivity index (χ0n) is 6.89. The minimum atomic E-state index is 0.427. The van der Waals surface area contributed by atoms with Crippen LogP contribution in [0.15, 0.2) is 0 Å². The fraction of sp³-hybridized carbons (Fsp3) is 1.00. The van der Waals surface area contributed by atoms with Gasteiger partial charge in [0, 0.05) is 0 Å². The number of halogens is 1. The molecule has 0 amide bonds. The standard InChI is InChI=1S/C7H13IN2.Al.2H/c9-4-1-2-5-7(10)6(3-4)8-5;;;/h4,6-7H,1-3,9-10H2;;;/q-1;;;/t4?,6-,7+;;;/m0.../s1. The summed E-state index contributed by atoms with van der Waals surface area (Å²) < 4.78 is 1.57. The van der Waals surface area contributed by atoms with E-state index in [1.165, 1.54) is 35.6 Å². The monoisotopic (exact) mass is 281 g/mol. The van der Waals surface area contributed by atoms with Crippen LogP contribution in [0.3, 0.4) is 0 Å². The van der Waals surface area contributed by atoms with Crippen molar-refractivity contribution < 1.29 is 21.2 Å². The summed E-state index contributed by atoms with van der Waals surface area (Å²) in [6, 6.07) is 1.03. The van der Waals surface area contributed by atoms with Gasteiger partial charge in [-0.05, 0) is 0 Å². The summed E-state index contributed by atoms with van der Waals surface area (Å²) in [6.07, 6.45) is 3.83. The van der Waals surface area contributed by atoms with Crippen LogP contribution in [-0.2, 0) is 0 Å². The molecule has 3 rings (SSSR count). The maximum atomic E-state index is 6.13. The van der Waals surface area contributed by atoms with E-state index in [1.54, 1.807) is 0 Å². The van der Waals surface area contributed by atoms with E-state index in [2.05, 4.69) is 0 Å². The summed E-state index contributed by atoms with van der Waals surface area (Å²) in [5.41, 5.74) is 12.1. The first kappa shape index (κ1) is 8.77. The fourth-order valence-corrected chi connectivity index (χ4v) is 10.1. The third-order valence-electron chi connectivity index (χ3n) is 3.01. The van der Waals surface area contributed by atoms with Crippen LogP contribution in [0.5, 0.6) is 0 Å². The maximum absolute atomic E-state index is 6.13. The van der Waals surface area contributed by atoms with Gasteiger partial charge in [0.25, 0.3) is 0 Å². The Balaban J connectivity index is 2.11. The van der Waals surface area contributed by atoms with Gasteiger partial charge in [0.15, 0.2) is 0 Å². The molecule has 0 aromatic heterocycles. The second-order valence-electron chi connectivity index (χ2n) is 3.96. The Morgan fingerprint density at radius 2 is 2.18 bits per heavy atom. The molecule has 1 aliphatic carbocycles. The Morgan fingerprint density at radius 3 is 2.82 bits per heavy atom. The van der Waals surface area contributed by atoms with Gasteiger partial charge in [0.05, 0.1) is 0 Å². The topological polar surface area (TPSA) is 52.0 Å². The first-order valence-electron chi connectivity index (χ1n) is 4.27. The average Bonchev–Trinajstić information content (AvgIpc) is 2.17. The van der Waals surface area contributed by atoms with E-state index in [4.69, 9.17) is 11.5 Å². The van der Waals surface area contributed by atoms with Crippen molar-refractivity contribution in [1.82, 2.24) is 0 Å². The molecule has 2 saturated heterocycles. The number of hydrogen-bond acceptors (Lipinski definition) is 2. The molecule has 2 nitrogen and oxygen atoms in total. The second kappa shape index (κ2) is 2.85. The molecule has 1 saturated carbocycles. The molecule has 4 heteroatoms. The molecule has 2 bridgehead atoms. The molecule has 0 aromatic rings. The van der Waals surface area contributed by atoms with Gasteiger partial charge in [-0.25, -0.2) is 0 Å². The Bertz CT molecular complexity index is 176. The SMILES string of the molecule is NC1CC[C@]2([AlH2])[I-][C@@H](C1)[C@@H]2N. The van der Waals surface area contributed by atoms with Crippen LogP contribution >= 0.6 is 0 Å². The quantitative estimate of drug-likeness (QED) is 0.268. The van der Waals surface area contributed by atoms with Crippen molar-refractivity contribution in [3.63, 3.8) is 0 Å². The summed E-state index contributed by atoms with van der Waals surface area (Å²) in [5.74, 6) is 0. The number of fused-ring (bicyclic) bond motifs is 3. The van der Waals surface area contributed by atoms with Gasteiger partial charge in [-0.2, -0.15) is 0 Å². The van der Waals surface area contributed by atoms with Crippen LogP contribution in [0.25, 0.3) is 0 Å². The van der Waals surface area contributed by atoms with Gasteiger partial charge >= 0.3 is 86.5 Å². The van der Waals surface area contributed by atoms with Crippen molar-refractivity contribution in [3.8, 4) is 0 Å². The molecular weight excluding hydrogens is 266 g/mol. The van der Waals surface area contributed by atoms with Crippen LogP contribution in [0, 0.1) is 0 Å². The van der Waals surface area contributed by atoms with Gasteiger partial charge in [-0.1, -0.05) is 0 Å². The predicted molar refractivity (Wildman–Crippen MR) is 44.9 cm³/mol. The number of hydrogen-bond donors (Lipinski definition) is 2. The van der Waals surface area contributed by atoms with E-state index in [9.17, 15) is 0 Å². The summed E-state index contributed by atoms with van der Waals surface area (Å²) in [5, 5.41) is 0. The minimum absolute atomic E-state index is 0.427. The normalized spacial score (nSPS) is 57.1. The van der Waals surface area contributed by atoms with E-state index in [1.807, 2.05) is 0 Å².